The zero-order chi connectivity index (χ0) is 24.0. The summed E-state index contributed by atoms with van der Waals surface area (Å²) in [6, 6.07) is 19.8. The van der Waals surface area contributed by atoms with Gasteiger partial charge in [-0.3, -0.25) is 0 Å². The van der Waals surface area contributed by atoms with Crippen LogP contribution in [0.2, 0.25) is 0 Å². The molecular weight excluding hydrogens is 444 g/mol. The van der Waals surface area contributed by atoms with Crippen molar-refractivity contribution < 1.29 is 19.0 Å². The number of fused-ring (bicyclic) bond motifs is 3. The van der Waals surface area contributed by atoms with Crippen molar-refractivity contribution in [3.05, 3.63) is 99.2 Å². The first-order chi connectivity index (χ1) is 16.4. The molecule has 1 atom stereocenters. The highest BCUT2D eigenvalue weighted by Gasteiger charge is 2.36. The number of nitrogens with two attached hydrogens (primary N) is 1. The number of aromatic hydroxyl groups is 1. The second-order valence-electron chi connectivity index (χ2n) is 8.01. The standard InChI is InChI=1S/C27H20N2O5.CH4/c1-14-5-3-4-6-17(14)18-11-15(7-9-21(18)32-2)23-20(13-28)26(29)34-25-19-12-16(30)8-10-22(19)33-27(31)24(23)25;/h3-12,23,30H,29H2,1-2H3;1H4. The van der Waals surface area contributed by atoms with Crippen molar-refractivity contribution in [3.8, 4) is 34.4 Å². The molecule has 35 heavy (non-hydrogen) atoms. The molecule has 1 aliphatic heterocycles. The van der Waals surface area contributed by atoms with E-state index >= 15 is 0 Å². The minimum atomic E-state index is -0.828. The number of hydrogen-bond donors (Lipinski definition) is 2. The predicted molar refractivity (Wildman–Crippen MR) is 133 cm³/mol. The second kappa shape index (κ2) is 8.92. The van der Waals surface area contributed by atoms with Gasteiger partial charge in [0, 0.05) is 5.56 Å². The summed E-state index contributed by atoms with van der Waals surface area (Å²) in [6.45, 7) is 2.00. The summed E-state index contributed by atoms with van der Waals surface area (Å²) in [5.41, 5.74) is 9.45. The van der Waals surface area contributed by atoms with Crippen molar-refractivity contribution in [2.24, 2.45) is 5.73 Å². The van der Waals surface area contributed by atoms with E-state index in [1.165, 1.54) is 18.2 Å². The number of rotatable bonds is 3. The molecular formula is C28H24N2O5. The monoisotopic (exact) mass is 468 g/mol. The molecule has 4 aromatic rings. The van der Waals surface area contributed by atoms with Gasteiger partial charge in [0.05, 0.1) is 24.0 Å². The highest BCUT2D eigenvalue weighted by Crippen LogP contribution is 2.45. The van der Waals surface area contributed by atoms with E-state index in [2.05, 4.69) is 6.07 Å². The largest absolute Gasteiger partial charge is 0.508 e. The van der Waals surface area contributed by atoms with E-state index in [0.29, 0.717) is 16.7 Å². The van der Waals surface area contributed by atoms with Gasteiger partial charge in [0.1, 0.15) is 28.7 Å². The fourth-order valence-electron chi connectivity index (χ4n) is 4.43. The molecule has 7 heteroatoms. The number of aryl methyl sites for hydroxylation is 1. The summed E-state index contributed by atoms with van der Waals surface area (Å²) >= 11 is 0. The van der Waals surface area contributed by atoms with Gasteiger partial charge in [-0.1, -0.05) is 37.8 Å². The zero-order valence-electron chi connectivity index (χ0n) is 18.5. The molecule has 1 unspecified atom stereocenters. The smallest absolute Gasteiger partial charge is 0.344 e. The Kier molecular flexibility index (Phi) is 5.98. The van der Waals surface area contributed by atoms with Gasteiger partial charge in [-0.2, -0.15) is 5.26 Å². The van der Waals surface area contributed by atoms with E-state index in [-0.39, 0.29) is 41.5 Å². The number of allylic oxidation sites excluding steroid dienone is 1. The lowest BCUT2D eigenvalue weighted by Crippen LogP contribution is -2.26. The number of methoxy groups -OCH3 is 1. The van der Waals surface area contributed by atoms with E-state index in [0.717, 1.165) is 16.7 Å². The zero-order valence-corrected chi connectivity index (χ0v) is 18.5. The molecule has 0 aliphatic carbocycles. The summed E-state index contributed by atoms with van der Waals surface area (Å²) in [4.78, 5) is 13.1. The van der Waals surface area contributed by atoms with Crippen molar-refractivity contribution in [3.63, 3.8) is 0 Å². The van der Waals surface area contributed by atoms with Crippen molar-refractivity contribution in [1.82, 2.24) is 0 Å². The minimum Gasteiger partial charge on any atom is -0.508 e. The molecule has 7 nitrogen and oxygen atoms in total. The fourth-order valence-corrected chi connectivity index (χ4v) is 4.43. The average molecular weight is 469 g/mol. The number of phenols is 1. The second-order valence-corrected chi connectivity index (χ2v) is 8.01. The van der Waals surface area contributed by atoms with Crippen LogP contribution in [0.1, 0.15) is 30.0 Å². The number of hydrogen-bond acceptors (Lipinski definition) is 7. The number of nitrogens with zero attached hydrogens (tertiary/aromatic N) is 1. The Balaban J connectivity index is 0.00000289. The van der Waals surface area contributed by atoms with Gasteiger partial charge in [0.15, 0.2) is 5.75 Å². The van der Waals surface area contributed by atoms with Gasteiger partial charge in [0.2, 0.25) is 5.88 Å². The normalized spacial score (nSPS) is 14.5. The average Bonchev–Trinajstić information content (AvgIpc) is 2.84. The summed E-state index contributed by atoms with van der Waals surface area (Å²) < 4.78 is 16.9. The lowest BCUT2D eigenvalue weighted by atomic mass is 9.82. The lowest BCUT2D eigenvalue weighted by Gasteiger charge is -2.26. The molecule has 176 valence electrons. The first-order valence-electron chi connectivity index (χ1n) is 10.5. The van der Waals surface area contributed by atoms with Crippen LogP contribution in [-0.2, 0) is 0 Å². The SMILES string of the molecule is C.COc1ccc(C2C(C#N)=C(N)Oc3c2c(=O)oc2ccc(O)cc32)cc1-c1ccccc1C. The first-order valence-corrected chi connectivity index (χ1v) is 10.5. The van der Waals surface area contributed by atoms with E-state index < -0.39 is 11.5 Å². The lowest BCUT2D eigenvalue weighted by molar-refractivity contribution is 0.387. The Labute approximate surface area is 202 Å². The van der Waals surface area contributed by atoms with Gasteiger partial charge < -0.3 is 24.7 Å². The van der Waals surface area contributed by atoms with Crippen molar-refractivity contribution in [2.45, 2.75) is 20.3 Å². The number of phenolic OH excluding ortho intramolecular Hbond substituents is 1. The van der Waals surface area contributed by atoms with E-state index in [9.17, 15) is 15.2 Å². The molecule has 1 aliphatic rings. The Morgan fingerprint density at radius 3 is 2.57 bits per heavy atom. The summed E-state index contributed by atoms with van der Waals surface area (Å²) in [5, 5.41) is 20.3. The molecule has 0 saturated carbocycles. The predicted octanol–water partition coefficient (Wildman–Crippen LogP) is 5.34. The topological polar surface area (TPSA) is 119 Å². The highest BCUT2D eigenvalue weighted by molar-refractivity contribution is 5.87. The number of nitriles is 1. The van der Waals surface area contributed by atoms with Crippen LogP contribution in [-0.4, -0.2) is 12.2 Å². The van der Waals surface area contributed by atoms with Crippen molar-refractivity contribution >= 4 is 11.0 Å². The van der Waals surface area contributed by atoms with E-state index in [4.69, 9.17) is 19.6 Å². The molecule has 0 spiro atoms. The van der Waals surface area contributed by atoms with Crippen LogP contribution < -0.4 is 20.8 Å². The molecule has 0 saturated heterocycles. The maximum atomic E-state index is 13.1. The Hall–Kier alpha value is -4.70. The van der Waals surface area contributed by atoms with E-state index in [1.54, 1.807) is 19.2 Å². The third-order valence-corrected chi connectivity index (χ3v) is 6.04. The number of ether oxygens (including phenoxy) is 2. The maximum Gasteiger partial charge on any atom is 0.344 e. The molecule has 1 aromatic heterocycles. The Morgan fingerprint density at radius 2 is 1.86 bits per heavy atom. The van der Waals surface area contributed by atoms with Crippen LogP contribution >= 0.6 is 0 Å². The molecule has 3 N–H and O–H groups in total. The van der Waals surface area contributed by atoms with Crippen LogP contribution in [0.4, 0.5) is 0 Å². The van der Waals surface area contributed by atoms with Gasteiger partial charge in [-0.05, 0) is 53.9 Å². The van der Waals surface area contributed by atoms with Gasteiger partial charge in [-0.25, -0.2) is 4.79 Å². The summed E-state index contributed by atoms with van der Waals surface area (Å²) in [7, 11) is 1.59. The quantitative estimate of drug-likeness (QED) is 0.390. The van der Waals surface area contributed by atoms with Crippen LogP contribution in [0, 0.1) is 18.3 Å². The molecule has 0 bridgehead atoms. The molecule has 0 fully saturated rings. The summed E-state index contributed by atoms with van der Waals surface area (Å²) in [5.74, 6) is -0.147. The van der Waals surface area contributed by atoms with Crippen molar-refractivity contribution in [2.75, 3.05) is 7.11 Å². The summed E-state index contributed by atoms with van der Waals surface area (Å²) in [6.07, 6.45) is 0. The van der Waals surface area contributed by atoms with Gasteiger partial charge >= 0.3 is 5.63 Å². The van der Waals surface area contributed by atoms with Gasteiger partial charge in [0.25, 0.3) is 0 Å². The molecule has 0 amide bonds. The Morgan fingerprint density at radius 1 is 1.09 bits per heavy atom. The molecule has 0 radical (unpaired) electrons. The van der Waals surface area contributed by atoms with Crippen LogP contribution in [0.15, 0.2) is 81.3 Å². The third-order valence-electron chi connectivity index (χ3n) is 6.04. The molecule has 3 aromatic carbocycles. The van der Waals surface area contributed by atoms with Crippen molar-refractivity contribution in [1.29, 1.82) is 5.26 Å². The van der Waals surface area contributed by atoms with Crippen LogP contribution in [0.3, 0.4) is 0 Å². The first kappa shape index (κ1) is 23.5. The third kappa shape index (κ3) is 3.75. The van der Waals surface area contributed by atoms with Crippen LogP contribution in [0.25, 0.3) is 22.1 Å². The fraction of sp³-hybridized carbons (Fsp3) is 0.143. The van der Waals surface area contributed by atoms with Crippen LogP contribution in [0.5, 0.6) is 17.2 Å². The number of benzene rings is 3. The minimum absolute atomic E-state index is 0. The molecule has 5 rings (SSSR count). The highest BCUT2D eigenvalue weighted by atomic mass is 16.5. The van der Waals surface area contributed by atoms with Gasteiger partial charge in [-0.15, -0.1) is 0 Å². The molecule has 2 heterocycles. The van der Waals surface area contributed by atoms with E-state index in [1.807, 2.05) is 37.3 Å². The maximum absolute atomic E-state index is 13.1. The Bertz CT molecular complexity index is 1590.